The van der Waals surface area contributed by atoms with E-state index >= 15 is 0 Å². The van der Waals surface area contributed by atoms with Crippen molar-refractivity contribution in [2.75, 3.05) is 11.1 Å². The number of nitrogens with two attached hydrogens (primary N) is 1. The summed E-state index contributed by atoms with van der Waals surface area (Å²) in [4.78, 5) is 25.9. The molecular formula is C21H18FN9O2. The van der Waals surface area contributed by atoms with Gasteiger partial charge in [-0.1, -0.05) is 11.2 Å². The van der Waals surface area contributed by atoms with Gasteiger partial charge in [0.05, 0.1) is 17.1 Å². The lowest BCUT2D eigenvalue weighted by atomic mass is 10.1. The number of aromatic nitrogens is 7. The molecule has 4 N–H and O–H groups in total. The highest BCUT2D eigenvalue weighted by atomic mass is 19.1. The second-order valence-corrected chi connectivity index (χ2v) is 7.37. The topological polar surface area (TPSA) is 153 Å². The van der Waals surface area contributed by atoms with E-state index in [1.807, 2.05) is 6.92 Å². The Morgan fingerprint density at radius 1 is 1.24 bits per heavy atom. The van der Waals surface area contributed by atoms with Crippen LogP contribution in [0.1, 0.15) is 24.5 Å². The normalized spacial score (nSPS) is 12.2. The highest BCUT2D eigenvalue weighted by molar-refractivity contribution is 5.83. The Kier molecular flexibility index (Phi) is 4.81. The number of H-pyrrole nitrogens is 1. The number of nitrogen functional groups attached to an aromatic ring is 1. The summed E-state index contributed by atoms with van der Waals surface area (Å²) < 4.78 is 20.5. The summed E-state index contributed by atoms with van der Waals surface area (Å²) in [5.41, 5.74) is 6.58. The molecular weight excluding hydrogens is 429 g/mol. The van der Waals surface area contributed by atoms with E-state index in [0.717, 1.165) is 0 Å². The van der Waals surface area contributed by atoms with Crippen molar-refractivity contribution in [1.82, 2.24) is 34.9 Å². The molecule has 12 heteroatoms. The van der Waals surface area contributed by atoms with Crippen molar-refractivity contribution >= 4 is 22.4 Å². The van der Waals surface area contributed by atoms with Gasteiger partial charge in [-0.2, -0.15) is 10.1 Å². The third-order valence-electron chi connectivity index (χ3n) is 5.14. The average Bonchev–Trinajstić information content (AvgIpc) is 3.46. The Bertz CT molecular complexity index is 1530. The van der Waals surface area contributed by atoms with Gasteiger partial charge in [-0.15, -0.1) is 0 Å². The highest BCUT2D eigenvalue weighted by Gasteiger charge is 2.22. The largest absolute Gasteiger partial charge is 0.383 e. The monoisotopic (exact) mass is 447 g/mol. The molecule has 0 saturated heterocycles. The van der Waals surface area contributed by atoms with Crippen LogP contribution in [0.3, 0.4) is 0 Å². The van der Waals surface area contributed by atoms with E-state index in [4.69, 9.17) is 10.3 Å². The molecule has 0 spiro atoms. The molecule has 1 atom stereocenters. The number of hydrogen-bond donors (Lipinski definition) is 3. The number of halogens is 1. The molecule has 0 unspecified atom stereocenters. The predicted octanol–water partition coefficient (Wildman–Crippen LogP) is 2.76. The van der Waals surface area contributed by atoms with Gasteiger partial charge in [0.1, 0.15) is 29.3 Å². The Balaban J connectivity index is 1.65. The van der Waals surface area contributed by atoms with Crippen LogP contribution in [0.4, 0.5) is 16.0 Å². The van der Waals surface area contributed by atoms with E-state index in [2.05, 4.69) is 35.6 Å². The van der Waals surface area contributed by atoms with Gasteiger partial charge in [-0.3, -0.25) is 14.5 Å². The van der Waals surface area contributed by atoms with Crippen LogP contribution in [0, 0.1) is 12.7 Å². The molecule has 0 aliphatic carbocycles. The quantitative estimate of drug-likeness (QED) is 0.369. The first-order valence-corrected chi connectivity index (χ1v) is 9.95. The van der Waals surface area contributed by atoms with E-state index in [1.165, 1.54) is 23.0 Å². The molecule has 33 heavy (non-hydrogen) atoms. The molecule has 0 radical (unpaired) electrons. The van der Waals surface area contributed by atoms with Crippen LogP contribution >= 0.6 is 0 Å². The fourth-order valence-corrected chi connectivity index (χ4v) is 3.63. The van der Waals surface area contributed by atoms with Gasteiger partial charge >= 0.3 is 0 Å². The smallest absolute Gasteiger partial charge is 0.265 e. The van der Waals surface area contributed by atoms with Crippen LogP contribution in [0.15, 0.2) is 52.2 Å². The first-order chi connectivity index (χ1) is 15.9. The van der Waals surface area contributed by atoms with Crippen molar-refractivity contribution in [2.24, 2.45) is 0 Å². The molecule has 5 rings (SSSR count). The number of anilines is 2. The van der Waals surface area contributed by atoms with Gasteiger partial charge in [-0.05, 0) is 37.4 Å². The van der Waals surface area contributed by atoms with E-state index in [0.29, 0.717) is 34.1 Å². The van der Waals surface area contributed by atoms with Crippen molar-refractivity contribution in [2.45, 2.75) is 19.9 Å². The Morgan fingerprint density at radius 2 is 2.09 bits per heavy atom. The zero-order valence-corrected chi connectivity index (χ0v) is 17.6. The molecule has 4 heterocycles. The molecule has 1 aromatic carbocycles. The minimum atomic E-state index is -0.497. The summed E-state index contributed by atoms with van der Waals surface area (Å²) in [6, 6.07) is 7.06. The number of fused-ring (bicyclic) bond motifs is 1. The summed E-state index contributed by atoms with van der Waals surface area (Å²) >= 11 is 0. The molecule has 0 amide bonds. The zero-order chi connectivity index (χ0) is 23.1. The van der Waals surface area contributed by atoms with Crippen LogP contribution in [0.25, 0.3) is 28.0 Å². The van der Waals surface area contributed by atoms with E-state index < -0.39 is 17.4 Å². The lowest BCUT2D eigenvalue weighted by Gasteiger charge is -2.21. The summed E-state index contributed by atoms with van der Waals surface area (Å²) in [6.07, 6.45) is 2.90. The van der Waals surface area contributed by atoms with Crippen molar-refractivity contribution in [1.29, 1.82) is 0 Å². The molecule has 0 bridgehead atoms. The van der Waals surface area contributed by atoms with Crippen LogP contribution < -0.4 is 16.6 Å². The third kappa shape index (κ3) is 3.56. The van der Waals surface area contributed by atoms with Crippen molar-refractivity contribution in [3.8, 4) is 17.3 Å². The predicted molar refractivity (Wildman–Crippen MR) is 118 cm³/mol. The number of hydrogen-bond acceptors (Lipinski definition) is 9. The molecule has 11 nitrogen and oxygen atoms in total. The van der Waals surface area contributed by atoms with Gasteiger partial charge in [0.2, 0.25) is 0 Å². The Labute approximate surface area is 185 Å². The minimum absolute atomic E-state index is 0.155. The molecule has 0 fully saturated rings. The van der Waals surface area contributed by atoms with Gasteiger partial charge in [0.15, 0.2) is 11.6 Å². The average molecular weight is 447 g/mol. The maximum absolute atomic E-state index is 13.9. The number of pyridine rings is 1. The second-order valence-electron chi connectivity index (χ2n) is 7.37. The van der Waals surface area contributed by atoms with Gasteiger partial charge in [0.25, 0.3) is 11.4 Å². The highest BCUT2D eigenvalue weighted by Crippen LogP contribution is 2.32. The minimum Gasteiger partial charge on any atom is -0.383 e. The Morgan fingerprint density at radius 3 is 2.82 bits per heavy atom. The van der Waals surface area contributed by atoms with Crippen LogP contribution in [-0.2, 0) is 0 Å². The van der Waals surface area contributed by atoms with Gasteiger partial charge in [-0.25, -0.2) is 14.4 Å². The van der Waals surface area contributed by atoms with Crippen molar-refractivity contribution in [3.05, 3.63) is 70.5 Å². The molecule has 5 aromatic rings. The molecule has 166 valence electrons. The first-order valence-electron chi connectivity index (χ1n) is 9.95. The maximum atomic E-state index is 13.9. The molecule has 0 aliphatic heterocycles. The first kappa shape index (κ1) is 20.3. The van der Waals surface area contributed by atoms with Crippen molar-refractivity contribution in [3.63, 3.8) is 0 Å². The fourth-order valence-electron chi connectivity index (χ4n) is 3.63. The molecule has 0 saturated carbocycles. The second kappa shape index (κ2) is 7.82. The number of aryl methyl sites for hydroxylation is 1. The summed E-state index contributed by atoms with van der Waals surface area (Å²) in [6.45, 7) is 3.53. The summed E-state index contributed by atoms with van der Waals surface area (Å²) in [7, 11) is 0. The number of aromatic amines is 1. The molecule has 0 aliphatic rings. The summed E-state index contributed by atoms with van der Waals surface area (Å²) in [5.74, 6) is 0.967. The maximum Gasteiger partial charge on any atom is 0.265 e. The zero-order valence-electron chi connectivity index (χ0n) is 17.6. The lowest BCUT2D eigenvalue weighted by Crippen LogP contribution is -2.26. The van der Waals surface area contributed by atoms with Gasteiger partial charge in [0, 0.05) is 12.3 Å². The van der Waals surface area contributed by atoms with Crippen molar-refractivity contribution < 1.29 is 8.91 Å². The third-order valence-corrected chi connectivity index (χ3v) is 5.14. The van der Waals surface area contributed by atoms with Crippen LogP contribution in [-0.4, -0.2) is 34.9 Å². The number of nitrogens with one attached hydrogen (secondary N) is 2. The van der Waals surface area contributed by atoms with E-state index in [1.54, 1.807) is 31.3 Å². The fraction of sp³-hybridized carbons (Fsp3) is 0.143. The standard InChI is InChI=1S/C21H18FN9O2/c1-10(27-19-17(18(23)24-9-25-19)20-28-11(2)30-33-20)15-7-12-3-4-13(22)8-14(12)21(32)31(15)16-5-6-26-29-16/h3-10H,1-2H3,(H,26,29)(H3,23,24,25,27)/t10-/m0/s1. The number of benzene rings is 1. The van der Waals surface area contributed by atoms with Crippen LogP contribution in [0.5, 0.6) is 0 Å². The lowest BCUT2D eigenvalue weighted by molar-refractivity contribution is 0.425. The van der Waals surface area contributed by atoms with Crippen LogP contribution in [0.2, 0.25) is 0 Å². The number of rotatable bonds is 5. The Hall–Kier alpha value is -4.61. The summed E-state index contributed by atoms with van der Waals surface area (Å²) in [5, 5.41) is 14.7. The SMILES string of the molecule is Cc1noc(-c2c(N)ncnc2N[C@@H](C)c2cc3ccc(F)cc3c(=O)n2-c2cc[nH]n2)n1. The van der Waals surface area contributed by atoms with E-state index in [-0.39, 0.29) is 17.1 Å². The van der Waals surface area contributed by atoms with Gasteiger partial charge < -0.3 is 15.6 Å². The molecule has 4 aromatic heterocycles. The van der Waals surface area contributed by atoms with E-state index in [9.17, 15) is 9.18 Å². The number of nitrogens with zero attached hydrogens (tertiary/aromatic N) is 6.